The fraction of sp³-hybridized carbons (Fsp3) is 0.200. The summed E-state index contributed by atoms with van der Waals surface area (Å²) in [6, 6.07) is 11.0. The molecule has 0 spiro atoms. The van der Waals surface area contributed by atoms with E-state index in [4.69, 9.17) is 5.73 Å². The lowest BCUT2D eigenvalue weighted by Gasteiger charge is -2.14. The lowest BCUT2D eigenvalue weighted by atomic mass is 10.1. The van der Waals surface area contributed by atoms with Gasteiger partial charge in [0.05, 0.1) is 6.04 Å². The Hall–Kier alpha value is -2.20. The molecule has 4 nitrogen and oxygen atoms in total. The largest absolute Gasteiger partial charge is 0.345 e. The van der Waals surface area contributed by atoms with E-state index in [-0.39, 0.29) is 11.9 Å². The van der Waals surface area contributed by atoms with Gasteiger partial charge in [0.2, 0.25) is 0 Å². The quantitative estimate of drug-likeness (QED) is 0.878. The molecule has 0 unspecified atom stereocenters. The van der Waals surface area contributed by atoms with Crippen LogP contribution in [0.4, 0.5) is 0 Å². The predicted molar refractivity (Wildman–Crippen MR) is 74.5 cm³/mol. The summed E-state index contributed by atoms with van der Waals surface area (Å²) in [4.78, 5) is 16.1. The molecule has 19 heavy (non-hydrogen) atoms. The first-order valence-corrected chi connectivity index (χ1v) is 6.20. The highest BCUT2D eigenvalue weighted by molar-refractivity contribution is 5.94. The number of hydrogen-bond acceptors (Lipinski definition) is 3. The maximum Gasteiger partial charge on any atom is 0.251 e. The van der Waals surface area contributed by atoms with E-state index in [0.29, 0.717) is 12.1 Å². The number of amides is 1. The van der Waals surface area contributed by atoms with Crippen molar-refractivity contribution in [1.29, 1.82) is 0 Å². The van der Waals surface area contributed by atoms with Crippen molar-refractivity contribution in [2.45, 2.75) is 19.5 Å². The SMILES string of the molecule is C[C@@H](NC(=O)c1ccc(CN)cc1)c1cccnc1. The number of aromatic nitrogens is 1. The van der Waals surface area contributed by atoms with Gasteiger partial charge >= 0.3 is 0 Å². The molecule has 98 valence electrons. The number of carbonyl (C=O) groups is 1. The van der Waals surface area contributed by atoms with Crippen LogP contribution >= 0.6 is 0 Å². The molecule has 1 atom stereocenters. The third-order valence-corrected chi connectivity index (χ3v) is 2.98. The summed E-state index contributed by atoms with van der Waals surface area (Å²) < 4.78 is 0. The predicted octanol–water partition coefficient (Wildman–Crippen LogP) is 2.03. The van der Waals surface area contributed by atoms with Gasteiger partial charge < -0.3 is 11.1 Å². The standard InChI is InChI=1S/C15H17N3O/c1-11(14-3-2-8-17-10-14)18-15(19)13-6-4-12(9-16)5-7-13/h2-8,10-11H,9,16H2,1H3,(H,18,19)/t11-/m1/s1. The first-order chi connectivity index (χ1) is 9.20. The zero-order valence-corrected chi connectivity index (χ0v) is 10.8. The smallest absolute Gasteiger partial charge is 0.251 e. The van der Waals surface area contributed by atoms with Crippen molar-refractivity contribution in [2.24, 2.45) is 5.73 Å². The fourth-order valence-electron chi connectivity index (χ4n) is 1.79. The second-order valence-electron chi connectivity index (χ2n) is 4.38. The molecule has 0 fully saturated rings. The minimum atomic E-state index is -0.0973. The molecular weight excluding hydrogens is 238 g/mol. The molecule has 0 aliphatic rings. The molecule has 1 aromatic carbocycles. The summed E-state index contributed by atoms with van der Waals surface area (Å²) in [6.45, 7) is 2.41. The van der Waals surface area contributed by atoms with E-state index < -0.39 is 0 Å². The molecule has 0 radical (unpaired) electrons. The summed E-state index contributed by atoms with van der Waals surface area (Å²) in [7, 11) is 0. The Labute approximate surface area is 112 Å². The van der Waals surface area contributed by atoms with Crippen molar-refractivity contribution in [2.75, 3.05) is 0 Å². The van der Waals surface area contributed by atoms with E-state index in [9.17, 15) is 4.79 Å². The van der Waals surface area contributed by atoms with Crippen LogP contribution in [0.15, 0.2) is 48.8 Å². The minimum Gasteiger partial charge on any atom is -0.345 e. The molecule has 0 saturated carbocycles. The molecule has 1 heterocycles. The van der Waals surface area contributed by atoms with Gasteiger partial charge in [-0.3, -0.25) is 9.78 Å². The average Bonchev–Trinajstić information content (AvgIpc) is 2.48. The maximum atomic E-state index is 12.1. The molecule has 1 aromatic heterocycles. The Bertz CT molecular complexity index is 537. The Morgan fingerprint density at radius 2 is 2.05 bits per heavy atom. The average molecular weight is 255 g/mol. The van der Waals surface area contributed by atoms with Crippen molar-refractivity contribution in [1.82, 2.24) is 10.3 Å². The number of hydrogen-bond donors (Lipinski definition) is 2. The molecule has 0 saturated heterocycles. The first-order valence-electron chi connectivity index (χ1n) is 6.20. The third kappa shape index (κ3) is 3.39. The van der Waals surface area contributed by atoms with Crippen LogP contribution in [-0.4, -0.2) is 10.9 Å². The zero-order chi connectivity index (χ0) is 13.7. The molecule has 0 aliphatic heterocycles. The second-order valence-corrected chi connectivity index (χ2v) is 4.38. The van der Waals surface area contributed by atoms with Crippen LogP contribution in [0.3, 0.4) is 0 Å². The number of nitrogens with two attached hydrogens (primary N) is 1. The molecular formula is C15H17N3O. The normalized spacial score (nSPS) is 11.9. The third-order valence-electron chi connectivity index (χ3n) is 2.98. The number of nitrogens with one attached hydrogen (secondary N) is 1. The number of pyridine rings is 1. The van der Waals surface area contributed by atoms with Crippen molar-refractivity contribution >= 4 is 5.91 Å². The van der Waals surface area contributed by atoms with Gasteiger partial charge in [0.25, 0.3) is 5.91 Å². The summed E-state index contributed by atoms with van der Waals surface area (Å²) in [5.41, 5.74) is 8.15. The van der Waals surface area contributed by atoms with Crippen LogP contribution in [0.2, 0.25) is 0 Å². The van der Waals surface area contributed by atoms with E-state index in [1.165, 1.54) is 0 Å². The lowest BCUT2D eigenvalue weighted by molar-refractivity contribution is 0.0940. The van der Waals surface area contributed by atoms with Crippen LogP contribution in [-0.2, 0) is 6.54 Å². The zero-order valence-electron chi connectivity index (χ0n) is 10.8. The lowest BCUT2D eigenvalue weighted by Crippen LogP contribution is -2.26. The van der Waals surface area contributed by atoms with E-state index in [1.807, 2.05) is 31.2 Å². The van der Waals surface area contributed by atoms with E-state index in [0.717, 1.165) is 11.1 Å². The molecule has 0 aliphatic carbocycles. The Morgan fingerprint density at radius 1 is 1.32 bits per heavy atom. The second kappa shape index (κ2) is 6.11. The van der Waals surface area contributed by atoms with E-state index >= 15 is 0 Å². The van der Waals surface area contributed by atoms with Crippen molar-refractivity contribution in [3.05, 3.63) is 65.5 Å². The van der Waals surface area contributed by atoms with Crippen LogP contribution in [0.5, 0.6) is 0 Å². The van der Waals surface area contributed by atoms with Gasteiger partial charge in [0, 0.05) is 24.5 Å². The minimum absolute atomic E-state index is 0.0737. The summed E-state index contributed by atoms with van der Waals surface area (Å²) in [5, 5.41) is 2.94. The number of nitrogens with zero attached hydrogens (tertiary/aromatic N) is 1. The highest BCUT2D eigenvalue weighted by Crippen LogP contribution is 2.11. The summed E-state index contributed by atoms with van der Waals surface area (Å²) >= 11 is 0. The van der Waals surface area contributed by atoms with Crippen molar-refractivity contribution in [3.8, 4) is 0 Å². The van der Waals surface area contributed by atoms with E-state index in [2.05, 4.69) is 10.3 Å². The molecule has 2 aromatic rings. The van der Waals surface area contributed by atoms with Crippen LogP contribution < -0.4 is 11.1 Å². The monoisotopic (exact) mass is 255 g/mol. The molecule has 3 N–H and O–H groups in total. The van der Waals surface area contributed by atoms with E-state index in [1.54, 1.807) is 24.5 Å². The Kier molecular flexibility index (Phi) is 4.26. The van der Waals surface area contributed by atoms with Gasteiger partial charge in [-0.25, -0.2) is 0 Å². The van der Waals surface area contributed by atoms with Crippen molar-refractivity contribution < 1.29 is 4.79 Å². The highest BCUT2D eigenvalue weighted by atomic mass is 16.1. The topological polar surface area (TPSA) is 68.0 Å². The number of rotatable bonds is 4. The molecule has 2 rings (SSSR count). The summed E-state index contributed by atoms with van der Waals surface area (Å²) in [6.07, 6.45) is 3.46. The first kappa shape index (κ1) is 13.2. The Balaban J connectivity index is 2.04. The highest BCUT2D eigenvalue weighted by Gasteiger charge is 2.11. The summed E-state index contributed by atoms with van der Waals surface area (Å²) in [5.74, 6) is -0.0973. The van der Waals surface area contributed by atoms with Crippen LogP contribution in [0.1, 0.15) is 34.5 Å². The molecule has 0 bridgehead atoms. The fourth-order valence-corrected chi connectivity index (χ4v) is 1.79. The van der Waals surface area contributed by atoms with Crippen LogP contribution in [0.25, 0.3) is 0 Å². The van der Waals surface area contributed by atoms with Gasteiger partial charge in [-0.2, -0.15) is 0 Å². The maximum absolute atomic E-state index is 12.1. The van der Waals surface area contributed by atoms with Gasteiger partial charge in [0.1, 0.15) is 0 Å². The van der Waals surface area contributed by atoms with Crippen LogP contribution in [0, 0.1) is 0 Å². The van der Waals surface area contributed by atoms with Crippen molar-refractivity contribution in [3.63, 3.8) is 0 Å². The van der Waals surface area contributed by atoms with Gasteiger partial charge in [-0.1, -0.05) is 18.2 Å². The van der Waals surface area contributed by atoms with Gasteiger partial charge in [-0.05, 0) is 36.2 Å². The van der Waals surface area contributed by atoms with Gasteiger partial charge in [-0.15, -0.1) is 0 Å². The van der Waals surface area contributed by atoms with Gasteiger partial charge in [0.15, 0.2) is 0 Å². The molecule has 4 heteroatoms. The number of benzene rings is 1. The molecule has 1 amide bonds. The number of carbonyl (C=O) groups excluding carboxylic acids is 1. The Morgan fingerprint density at radius 3 is 2.63 bits per heavy atom.